The van der Waals surface area contributed by atoms with Crippen LogP contribution in [0.15, 0.2) is 54.6 Å². The van der Waals surface area contributed by atoms with Crippen LogP contribution in [-0.2, 0) is 4.74 Å². The zero-order valence-corrected chi connectivity index (χ0v) is 18.4. The first-order valence-electron chi connectivity index (χ1n) is 10.7. The summed E-state index contributed by atoms with van der Waals surface area (Å²) in [6.45, 7) is 7.48. The van der Waals surface area contributed by atoms with Crippen molar-refractivity contribution in [3.05, 3.63) is 65.7 Å². The Balaban J connectivity index is 1.46. The third kappa shape index (κ3) is 6.56. The van der Waals surface area contributed by atoms with E-state index < -0.39 is 11.7 Å². The number of ketones is 1. The second kappa shape index (κ2) is 9.96. The maximum atomic E-state index is 12.5. The van der Waals surface area contributed by atoms with Crippen molar-refractivity contribution in [2.24, 2.45) is 5.92 Å². The Bertz CT molecular complexity index is 865. The number of nitrogens with zero attached hydrogens (tertiary/aromatic N) is 1. The molecule has 0 aliphatic carbocycles. The van der Waals surface area contributed by atoms with Gasteiger partial charge in [-0.3, -0.25) is 4.79 Å². The van der Waals surface area contributed by atoms with Crippen molar-refractivity contribution in [2.75, 3.05) is 19.7 Å². The Labute approximate surface area is 183 Å². The van der Waals surface area contributed by atoms with Gasteiger partial charge in [0.15, 0.2) is 5.78 Å². The molecule has 1 amide bonds. The molecule has 1 aliphatic rings. The fraction of sp³-hybridized carbons (Fsp3) is 0.440. The zero-order chi connectivity index (χ0) is 22.4. The van der Waals surface area contributed by atoms with Gasteiger partial charge in [0.2, 0.25) is 0 Å². The summed E-state index contributed by atoms with van der Waals surface area (Å²) in [5, 5.41) is 10.3. The zero-order valence-electron chi connectivity index (χ0n) is 18.4. The van der Waals surface area contributed by atoms with Gasteiger partial charge in [0.1, 0.15) is 17.5 Å². The highest BCUT2D eigenvalue weighted by atomic mass is 16.6. The SMILES string of the molecule is CC(C)(C)OC(=O)N1CCC(COc2ccc(C(=O)C(O)c3ccccc3)cc2)CC1. The molecule has 0 bridgehead atoms. The van der Waals surface area contributed by atoms with Crippen LogP contribution in [0, 0.1) is 5.92 Å². The Morgan fingerprint density at radius 1 is 1.03 bits per heavy atom. The molecule has 0 spiro atoms. The minimum atomic E-state index is -1.18. The molecular formula is C25H31NO5. The van der Waals surface area contributed by atoms with Gasteiger partial charge in [0.05, 0.1) is 6.61 Å². The van der Waals surface area contributed by atoms with Crippen LogP contribution >= 0.6 is 0 Å². The van der Waals surface area contributed by atoms with Gasteiger partial charge in [0.25, 0.3) is 0 Å². The van der Waals surface area contributed by atoms with Crippen LogP contribution in [0.4, 0.5) is 4.79 Å². The Hall–Kier alpha value is -2.86. The molecule has 2 aromatic rings. The minimum Gasteiger partial charge on any atom is -0.493 e. The highest BCUT2D eigenvalue weighted by Gasteiger charge is 2.27. The molecule has 3 rings (SSSR count). The van der Waals surface area contributed by atoms with E-state index in [1.165, 1.54) is 0 Å². The first kappa shape index (κ1) is 22.8. The maximum absolute atomic E-state index is 12.5. The van der Waals surface area contributed by atoms with E-state index in [0.717, 1.165) is 12.8 Å². The van der Waals surface area contributed by atoms with Gasteiger partial charge in [-0.15, -0.1) is 0 Å². The molecule has 0 saturated carbocycles. The van der Waals surface area contributed by atoms with Crippen LogP contribution in [0.25, 0.3) is 0 Å². The van der Waals surface area contributed by atoms with E-state index in [0.29, 0.717) is 42.5 Å². The Kier molecular flexibility index (Phi) is 7.33. The van der Waals surface area contributed by atoms with Crippen LogP contribution in [0.3, 0.4) is 0 Å². The second-order valence-corrected chi connectivity index (χ2v) is 8.92. The van der Waals surface area contributed by atoms with Gasteiger partial charge < -0.3 is 19.5 Å². The predicted molar refractivity (Wildman–Crippen MR) is 118 cm³/mol. The topological polar surface area (TPSA) is 76.1 Å². The Morgan fingerprint density at radius 3 is 2.23 bits per heavy atom. The molecule has 1 heterocycles. The van der Waals surface area contributed by atoms with E-state index in [-0.39, 0.29) is 11.9 Å². The van der Waals surface area contributed by atoms with Crippen molar-refractivity contribution in [1.82, 2.24) is 4.90 Å². The lowest BCUT2D eigenvalue weighted by Gasteiger charge is -2.33. The smallest absolute Gasteiger partial charge is 0.410 e. The van der Waals surface area contributed by atoms with Gasteiger partial charge in [-0.25, -0.2) is 4.79 Å². The normalized spacial score (nSPS) is 15.9. The number of rotatable bonds is 6. The molecule has 6 heteroatoms. The summed E-state index contributed by atoms with van der Waals surface area (Å²) in [6.07, 6.45) is 0.283. The standard InChI is InChI=1S/C25H31NO5/c1-25(2,3)31-24(29)26-15-13-18(14-16-26)17-30-21-11-9-20(10-12-21)23(28)22(27)19-7-5-4-6-8-19/h4-12,18,22,27H,13-17H2,1-3H3. The van der Waals surface area contributed by atoms with Gasteiger partial charge in [-0.05, 0) is 69.4 Å². The number of benzene rings is 2. The highest BCUT2D eigenvalue weighted by Crippen LogP contribution is 2.23. The van der Waals surface area contributed by atoms with E-state index >= 15 is 0 Å². The van der Waals surface area contributed by atoms with Crippen molar-refractivity contribution in [3.63, 3.8) is 0 Å². The van der Waals surface area contributed by atoms with Gasteiger partial charge >= 0.3 is 6.09 Å². The number of aliphatic hydroxyl groups is 1. The number of piperidine rings is 1. The summed E-state index contributed by atoms with van der Waals surface area (Å²) in [5.41, 5.74) is 0.529. The van der Waals surface area contributed by atoms with Crippen LogP contribution in [0.1, 0.15) is 55.6 Å². The minimum absolute atomic E-state index is 0.259. The molecular weight excluding hydrogens is 394 g/mol. The van der Waals surface area contributed by atoms with Crippen molar-refractivity contribution >= 4 is 11.9 Å². The van der Waals surface area contributed by atoms with Crippen LogP contribution < -0.4 is 4.74 Å². The number of likely N-dealkylation sites (tertiary alicyclic amines) is 1. The number of hydrogen-bond donors (Lipinski definition) is 1. The lowest BCUT2D eigenvalue weighted by Crippen LogP contribution is -2.42. The highest BCUT2D eigenvalue weighted by molar-refractivity contribution is 5.99. The molecule has 166 valence electrons. The second-order valence-electron chi connectivity index (χ2n) is 8.92. The van der Waals surface area contributed by atoms with Crippen molar-refractivity contribution < 1.29 is 24.2 Å². The molecule has 1 atom stereocenters. The molecule has 1 aliphatic heterocycles. The molecule has 1 unspecified atom stereocenters. The number of ether oxygens (including phenoxy) is 2. The molecule has 1 N–H and O–H groups in total. The Morgan fingerprint density at radius 2 is 1.65 bits per heavy atom. The summed E-state index contributed by atoms with van der Waals surface area (Å²) >= 11 is 0. The third-order valence-electron chi connectivity index (χ3n) is 5.25. The van der Waals surface area contributed by atoms with E-state index in [1.54, 1.807) is 53.4 Å². The average Bonchev–Trinajstić information content (AvgIpc) is 2.77. The largest absolute Gasteiger partial charge is 0.493 e. The number of carbonyl (C=O) groups excluding carboxylic acids is 2. The van der Waals surface area contributed by atoms with E-state index in [1.807, 2.05) is 26.8 Å². The summed E-state index contributed by atoms with van der Waals surface area (Å²) in [5.74, 6) is 0.701. The van der Waals surface area contributed by atoms with Crippen molar-refractivity contribution in [2.45, 2.75) is 45.3 Å². The van der Waals surface area contributed by atoms with Crippen molar-refractivity contribution in [1.29, 1.82) is 0 Å². The number of amides is 1. The first-order valence-corrected chi connectivity index (χ1v) is 10.7. The number of Topliss-reactive ketones (excluding diaryl/α,β-unsaturated/α-hetero) is 1. The maximum Gasteiger partial charge on any atom is 0.410 e. The number of aliphatic hydroxyl groups excluding tert-OH is 1. The van der Waals surface area contributed by atoms with E-state index in [9.17, 15) is 14.7 Å². The van der Waals surface area contributed by atoms with Gasteiger partial charge in [-0.2, -0.15) is 0 Å². The summed E-state index contributed by atoms with van der Waals surface area (Å²) in [7, 11) is 0. The van der Waals surface area contributed by atoms with Crippen LogP contribution in [0.5, 0.6) is 5.75 Å². The lowest BCUT2D eigenvalue weighted by atomic mass is 9.98. The van der Waals surface area contributed by atoms with Crippen LogP contribution in [0.2, 0.25) is 0 Å². The van der Waals surface area contributed by atoms with E-state index in [2.05, 4.69) is 0 Å². The monoisotopic (exact) mass is 425 g/mol. The molecule has 2 aromatic carbocycles. The lowest BCUT2D eigenvalue weighted by molar-refractivity contribution is 0.0165. The van der Waals surface area contributed by atoms with Gasteiger partial charge in [-0.1, -0.05) is 30.3 Å². The molecule has 6 nitrogen and oxygen atoms in total. The quantitative estimate of drug-likeness (QED) is 0.683. The molecule has 0 radical (unpaired) electrons. The number of hydrogen-bond acceptors (Lipinski definition) is 5. The molecule has 0 aromatic heterocycles. The average molecular weight is 426 g/mol. The summed E-state index contributed by atoms with van der Waals surface area (Å²) in [4.78, 5) is 26.4. The summed E-state index contributed by atoms with van der Waals surface area (Å²) < 4.78 is 11.3. The fourth-order valence-electron chi connectivity index (χ4n) is 3.48. The molecule has 1 fully saturated rings. The van der Waals surface area contributed by atoms with Crippen molar-refractivity contribution in [3.8, 4) is 5.75 Å². The number of carbonyl (C=O) groups is 2. The third-order valence-corrected chi connectivity index (χ3v) is 5.25. The fourth-order valence-corrected chi connectivity index (χ4v) is 3.48. The molecule has 31 heavy (non-hydrogen) atoms. The summed E-state index contributed by atoms with van der Waals surface area (Å²) in [6, 6.07) is 15.7. The first-order chi connectivity index (χ1) is 14.7. The van der Waals surface area contributed by atoms with Crippen LogP contribution in [-0.4, -0.2) is 47.2 Å². The van der Waals surface area contributed by atoms with E-state index in [4.69, 9.17) is 9.47 Å². The van der Waals surface area contributed by atoms with Gasteiger partial charge in [0, 0.05) is 18.7 Å². The predicted octanol–water partition coefficient (Wildman–Crippen LogP) is 4.63. The molecule has 1 saturated heterocycles.